The molecule has 30 heavy (non-hydrogen) atoms. The number of rotatable bonds is 6. The molecule has 10 heteroatoms. The van der Waals surface area contributed by atoms with E-state index in [2.05, 4.69) is 15.8 Å². The van der Waals surface area contributed by atoms with Crippen LogP contribution in [0.2, 0.25) is 5.02 Å². The van der Waals surface area contributed by atoms with Crippen LogP contribution in [0.5, 0.6) is 5.75 Å². The molecular formula is C20H19ClFN3O5. The minimum atomic E-state index is -0.876. The van der Waals surface area contributed by atoms with Gasteiger partial charge in [-0.15, -0.1) is 0 Å². The van der Waals surface area contributed by atoms with Crippen molar-refractivity contribution < 1.29 is 28.3 Å². The SMILES string of the molecule is Cc1cc(C(=O)NC2=C3CC(NC(=O)COc4ccc(Cl)c(F)c4)(C3)C(O)C2)on1. The molecule has 0 spiro atoms. The molecular weight excluding hydrogens is 417 g/mol. The lowest BCUT2D eigenvalue weighted by molar-refractivity contribution is -0.128. The van der Waals surface area contributed by atoms with Gasteiger partial charge in [-0.25, -0.2) is 4.39 Å². The summed E-state index contributed by atoms with van der Waals surface area (Å²) in [4.78, 5) is 24.5. The van der Waals surface area contributed by atoms with Crippen molar-refractivity contribution in [1.82, 2.24) is 15.8 Å². The van der Waals surface area contributed by atoms with E-state index >= 15 is 0 Å². The van der Waals surface area contributed by atoms with E-state index in [1.54, 1.807) is 6.92 Å². The molecule has 0 radical (unpaired) electrons. The second-order valence-corrected chi connectivity index (χ2v) is 7.92. The number of hydrogen-bond donors (Lipinski definition) is 3. The number of nitrogens with one attached hydrogen (secondary N) is 2. The van der Waals surface area contributed by atoms with Crippen LogP contribution in [0.15, 0.2) is 40.1 Å². The molecule has 3 aliphatic carbocycles. The minimum absolute atomic E-state index is 0.0360. The highest BCUT2D eigenvalue weighted by Gasteiger charge is 2.52. The van der Waals surface area contributed by atoms with Crippen LogP contribution in [-0.2, 0) is 4.79 Å². The summed E-state index contributed by atoms with van der Waals surface area (Å²) in [5.41, 5.74) is 1.38. The highest BCUT2D eigenvalue weighted by atomic mass is 35.5. The lowest BCUT2D eigenvalue weighted by Crippen LogP contribution is -2.65. The molecule has 1 heterocycles. The number of nitrogens with zero attached hydrogens (tertiary/aromatic N) is 1. The Balaban J connectivity index is 1.33. The molecule has 3 aliphatic rings. The standard InChI is InChI=1S/C20H19ClFN3O5/c1-10-4-16(30-25-10)19(28)23-15-6-17(26)20(7-11(15)8-20)24-18(27)9-29-12-2-3-13(21)14(22)5-12/h2-5,17,26H,6-9H2,1H3,(H,23,28)(H,24,27). The van der Waals surface area contributed by atoms with Gasteiger partial charge in [-0.2, -0.15) is 0 Å². The monoisotopic (exact) mass is 435 g/mol. The molecule has 3 N–H and O–H groups in total. The molecule has 8 nitrogen and oxygen atoms in total. The van der Waals surface area contributed by atoms with Crippen LogP contribution < -0.4 is 15.4 Å². The van der Waals surface area contributed by atoms with Crippen molar-refractivity contribution in [2.24, 2.45) is 0 Å². The molecule has 1 atom stereocenters. The van der Waals surface area contributed by atoms with Gasteiger partial charge in [-0.3, -0.25) is 9.59 Å². The van der Waals surface area contributed by atoms with E-state index in [1.807, 2.05) is 0 Å². The summed E-state index contributed by atoms with van der Waals surface area (Å²) in [6.07, 6.45) is 0.150. The van der Waals surface area contributed by atoms with Crippen LogP contribution in [0.1, 0.15) is 35.5 Å². The first kappa shape index (κ1) is 20.4. The van der Waals surface area contributed by atoms with E-state index in [9.17, 15) is 19.1 Å². The molecule has 0 aliphatic heterocycles. The van der Waals surface area contributed by atoms with Crippen LogP contribution in [-0.4, -0.2) is 40.3 Å². The van der Waals surface area contributed by atoms with E-state index in [1.165, 1.54) is 18.2 Å². The van der Waals surface area contributed by atoms with E-state index < -0.39 is 29.3 Å². The topological polar surface area (TPSA) is 114 Å². The van der Waals surface area contributed by atoms with Gasteiger partial charge in [0, 0.05) is 24.3 Å². The highest BCUT2D eigenvalue weighted by Crippen LogP contribution is 2.47. The summed E-state index contributed by atoms with van der Waals surface area (Å²) in [5, 5.41) is 19.8. The molecule has 158 valence electrons. The van der Waals surface area contributed by atoms with Gasteiger partial charge in [0.2, 0.25) is 5.76 Å². The predicted octanol–water partition coefficient (Wildman–Crippen LogP) is 2.25. The first-order chi connectivity index (χ1) is 14.3. The molecule has 1 saturated carbocycles. The van der Waals surface area contributed by atoms with Crippen LogP contribution in [0.25, 0.3) is 0 Å². The summed E-state index contributed by atoms with van der Waals surface area (Å²) in [7, 11) is 0. The average molecular weight is 436 g/mol. The Morgan fingerprint density at radius 3 is 2.80 bits per heavy atom. The third-order valence-electron chi connectivity index (χ3n) is 5.29. The summed E-state index contributed by atoms with van der Waals surface area (Å²) in [6.45, 7) is 1.38. The number of aliphatic hydroxyl groups is 1. The second-order valence-electron chi connectivity index (χ2n) is 7.51. The Hall–Kier alpha value is -2.91. The van der Waals surface area contributed by atoms with Gasteiger partial charge in [-0.05, 0) is 37.5 Å². The van der Waals surface area contributed by atoms with E-state index in [0.29, 0.717) is 24.2 Å². The summed E-state index contributed by atoms with van der Waals surface area (Å²) >= 11 is 5.61. The van der Waals surface area contributed by atoms with Gasteiger partial charge in [-0.1, -0.05) is 16.8 Å². The fraction of sp³-hybridized carbons (Fsp3) is 0.350. The number of carbonyl (C=O) groups is 2. The number of aliphatic hydroxyl groups excluding tert-OH is 1. The van der Waals surface area contributed by atoms with Crippen molar-refractivity contribution in [2.45, 2.75) is 37.8 Å². The second kappa shape index (κ2) is 7.73. The van der Waals surface area contributed by atoms with Gasteiger partial charge < -0.3 is 25.0 Å². The van der Waals surface area contributed by atoms with Crippen molar-refractivity contribution in [1.29, 1.82) is 0 Å². The van der Waals surface area contributed by atoms with Crippen LogP contribution in [0, 0.1) is 12.7 Å². The van der Waals surface area contributed by atoms with Gasteiger partial charge in [0.15, 0.2) is 6.61 Å². The number of carbonyl (C=O) groups excluding carboxylic acids is 2. The Labute approximate surface area is 176 Å². The molecule has 1 unspecified atom stereocenters. The Morgan fingerprint density at radius 2 is 2.17 bits per heavy atom. The van der Waals surface area contributed by atoms with Crippen LogP contribution in [0.3, 0.4) is 0 Å². The summed E-state index contributed by atoms with van der Waals surface area (Å²) in [6, 6.07) is 5.42. The van der Waals surface area contributed by atoms with Crippen molar-refractivity contribution in [3.05, 3.63) is 57.8 Å². The quantitative estimate of drug-likeness (QED) is 0.641. The minimum Gasteiger partial charge on any atom is -0.484 e. The number of hydrogen-bond acceptors (Lipinski definition) is 6. The first-order valence-electron chi connectivity index (χ1n) is 9.28. The van der Waals surface area contributed by atoms with Crippen molar-refractivity contribution in [3.63, 3.8) is 0 Å². The lowest BCUT2D eigenvalue weighted by atomic mass is 9.62. The number of benzene rings is 1. The third kappa shape index (κ3) is 3.90. The fourth-order valence-electron chi connectivity index (χ4n) is 3.70. The number of ether oxygens (including phenoxy) is 1. The molecule has 1 fully saturated rings. The Bertz CT molecular complexity index is 1040. The fourth-order valence-corrected chi connectivity index (χ4v) is 3.82. The van der Waals surface area contributed by atoms with Crippen molar-refractivity contribution in [3.8, 4) is 5.75 Å². The Kier molecular flexibility index (Phi) is 5.25. The largest absolute Gasteiger partial charge is 0.484 e. The van der Waals surface area contributed by atoms with Crippen molar-refractivity contribution in [2.75, 3.05) is 6.61 Å². The molecule has 0 saturated heterocycles. The maximum Gasteiger partial charge on any atom is 0.294 e. The summed E-state index contributed by atoms with van der Waals surface area (Å²) in [5.74, 6) is -1.24. The third-order valence-corrected chi connectivity index (χ3v) is 5.59. The molecule has 2 bridgehead atoms. The zero-order valence-electron chi connectivity index (χ0n) is 16.0. The molecule has 5 rings (SSSR count). The van der Waals surface area contributed by atoms with Crippen LogP contribution >= 0.6 is 11.6 Å². The summed E-state index contributed by atoms with van der Waals surface area (Å²) < 4.78 is 23.7. The van der Waals surface area contributed by atoms with Crippen molar-refractivity contribution >= 4 is 23.4 Å². The van der Waals surface area contributed by atoms with E-state index in [4.69, 9.17) is 20.9 Å². The lowest BCUT2D eigenvalue weighted by Gasteiger charge is -2.52. The zero-order valence-corrected chi connectivity index (χ0v) is 16.8. The molecule has 2 amide bonds. The number of aromatic nitrogens is 1. The van der Waals surface area contributed by atoms with Gasteiger partial charge in [0.25, 0.3) is 11.8 Å². The van der Waals surface area contributed by atoms with Gasteiger partial charge in [0.05, 0.1) is 22.4 Å². The first-order valence-corrected chi connectivity index (χ1v) is 9.66. The van der Waals surface area contributed by atoms with Gasteiger partial charge in [0.1, 0.15) is 11.6 Å². The predicted molar refractivity (Wildman–Crippen MR) is 103 cm³/mol. The molecule has 2 aromatic rings. The number of halogens is 2. The zero-order chi connectivity index (χ0) is 21.5. The maximum absolute atomic E-state index is 13.4. The van der Waals surface area contributed by atoms with E-state index in [0.717, 1.165) is 11.6 Å². The highest BCUT2D eigenvalue weighted by molar-refractivity contribution is 6.30. The smallest absolute Gasteiger partial charge is 0.294 e. The number of aryl methyl sites for hydroxylation is 1. The van der Waals surface area contributed by atoms with Crippen LogP contribution in [0.4, 0.5) is 4.39 Å². The van der Waals surface area contributed by atoms with E-state index in [-0.39, 0.29) is 29.6 Å². The normalized spacial score (nSPS) is 22.3. The molecule has 1 aromatic carbocycles. The molecule has 1 aromatic heterocycles. The average Bonchev–Trinajstić information content (AvgIpc) is 3.10. The number of amides is 2. The number of fused-ring (bicyclic) bond motifs is 2. The van der Waals surface area contributed by atoms with Gasteiger partial charge >= 0.3 is 0 Å². The maximum atomic E-state index is 13.4. The Morgan fingerprint density at radius 1 is 1.40 bits per heavy atom.